The first-order valence-electron chi connectivity index (χ1n) is 3.94. The number of hydrogen-bond acceptors (Lipinski definition) is 5. The summed E-state index contributed by atoms with van der Waals surface area (Å²) in [5.41, 5.74) is 3.45. The number of carboxylic acid groups (broad SMARTS) is 1. The van der Waals surface area contributed by atoms with Crippen molar-refractivity contribution < 1.29 is 27.8 Å². The van der Waals surface area contributed by atoms with Crippen LogP contribution in [0.3, 0.4) is 0 Å². The third kappa shape index (κ3) is 2.75. The summed E-state index contributed by atoms with van der Waals surface area (Å²) in [7, 11) is 0. The van der Waals surface area contributed by atoms with Gasteiger partial charge in [0.2, 0.25) is 0 Å². The van der Waals surface area contributed by atoms with E-state index in [2.05, 4.69) is 9.72 Å². The summed E-state index contributed by atoms with van der Waals surface area (Å²) in [4.78, 5) is 14.0. The number of rotatable bonds is 2. The Kier molecular flexibility index (Phi) is 3.08. The Balaban J connectivity index is 3.47. The molecular weight excluding hydrogens is 243 g/mol. The van der Waals surface area contributed by atoms with Gasteiger partial charge in [-0.25, -0.2) is 9.78 Å². The fourth-order valence-corrected chi connectivity index (χ4v) is 1.02. The highest BCUT2D eigenvalue weighted by atomic mass is 19.4. The number of nitrogens with zero attached hydrogens (tertiary/aromatic N) is 2. The summed E-state index contributed by atoms with van der Waals surface area (Å²) in [6, 6.07) is 1.33. The van der Waals surface area contributed by atoms with Crippen molar-refractivity contribution in [3.63, 3.8) is 0 Å². The maximum Gasteiger partial charge on any atom is 0.573 e. The number of aromatic carboxylic acids is 1. The summed E-state index contributed by atoms with van der Waals surface area (Å²) in [5, 5.41) is 17.2. The van der Waals surface area contributed by atoms with Crippen molar-refractivity contribution in [2.24, 2.45) is 0 Å². The average Bonchev–Trinajstić information content (AvgIpc) is 2.15. The Morgan fingerprint density at radius 2 is 2.18 bits per heavy atom. The predicted octanol–water partition coefficient (Wildman–Crippen LogP) is 1.13. The number of carbonyl (C=O) groups is 1. The molecule has 0 bridgehead atoms. The molecular formula is C8H4F3N3O3. The molecule has 0 aliphatic carbocycles. The topological polar surface area (TPSA) is 109 Å². The molecule has 0 aliphatic rings. The van der Waals surface area contributed by atoms with Crippen LogP contribution in [0.5, 0.6) is 5.75 Å². The number of ether oxygens (including phenoxy) is 1. The number of aromatic nitrogens is 1. The molecule has 90 valence electrons. The molecule has 6 nitrogen and oxygen atoms in total. The van der Waals surface area contributed by atoms with E-state index in [1.54, 1.807) is 0 Å². The first kappa shape index (κ1) is 12.6. The van der Waals surface area contributed by atoms with Gasteiger partial charge < -0.3 is 15.6 Å². The standard InChI is InChI=1S/C8H4F3N3O3/c9-8(10,11)17-5-3(1-12)2-14-6(13)4(5)7(15)16/h2H,(H2,13,14)(H,15,16). The summed E-state index contributed by atoms with van der Waals surface area (Å²) in [5.74, 6) is -3.61. The molecule has 0 saturated heterocycles. The number of carboxylic acids is 1. The van der Waals surface area contributed by atoms with Crippen LogP contribution in [0.1, 0.15) is 15.9 Å². The minimum absolute atomic E-state index is 0.671. The summed E-state index contributed by atoms with van der Waals surface area (Å²) < 4.78 is 39.6. The fraction of sp³-hybridized carbons (Fsp3) is 0.125. The Labute approximate surface area is 92.0 Å². The number of hydrogen-bond donors (Lipinski definition) is 2. The molecule has 0 aromatic carbocycles. The second-order valence-electron chi connectivity index (χ2n) is 2.73. The van der Waals surface area contributed by atoms with Gasteiger partial charge in [0.1, 0.15) is 23.0 Å². The Bertz CT molecular complexity index is 507. The van der Waals surface area contributed by atoms with Crippen LogP contribution in [0.25, 0.3) is 0 Å². The molecule has 1 aromatic heterocycles. The number of nitrogens with two attached hydrogens (primary N) is 1. The van der Waals surface area contributed by atoms with Gasteiger partial charge in [-0.1, -0.05) is 0 Å². The number of pyridine rings is 1. The van der Waals surface area contributed by atoms with E-state index in [0.29, 0.717) is 6.20 Å². The SMILES string of the molecule is N#Cc1cnc(N)c(C(=O)O)c1OC(F)(F)F. The number of nitriles is 1. The number of nitrogen functional groups attached to an aromatic ring is 1. The molecule has 0 spiro atoms. The van der Waals surface area contributed by atoms with Gasteiger partial charge in [-0.05, 0) is 0 Å². The number of anilines is 1. The van der Waals surface area contributed by atoms with Crippen molar-refractivity contribution in [2.75, 3.05) is 5.73 Å². The molecule has 0 unspecified atom stereocenters. The van der Waals surface area contributed by atoms with Crippen molar-refractivity contribution in [3.05, 3.63) is 17.3 Å². The van der Waals surface area contributed by atoms with Gasteiger partial charge in [0.05, 0.1) is 6.20 Å². The van der Waals surface area contributed by atoms with Crippen LogP contribution < -0.4 is 10.5 Å². The minimum atomic E-state index is -5.14. The van der Waals surface area contributed by atoms with Crippen molar-refractivity contribution in [2.45, 2.75) is 6.36 Å². The highest BCUT2D eigenvalue weighted by Crippen LogP contribution is 2.31. The highest BCUT2D eigenvalue weighted by Gasteiger charge is 2.35. The highest BCUT2D eigenvalue weighted by molar-refractivity contribution is 5.96. The van der Waals surface area contributed by atoms with Crippen LogP contribution in [0.4, 0.5) is 19.0 Å². The fourth-order valence-electron chi connectivity index (χ4n) is 1.02. The lowest BCUT2D eigenvalue weighted by Crippen LogP contribution is -2.21. The molecule has 1 heterocycles. The molecule has 17 heavy (non-hydrogen) atoms. The van der Waals surface area contributed by atoms with Crippen LogP contribution in [-0.4, -0.2) is 22.4 Å². The largest absolute Gasteiger partial charge is 0.573 e. The normalized spacial score (nSPS) is 10.7. The van der Waals surface area contributed by atoms with Crippen molar-refractivity contribution >= 4 is 11.8 Å². The zero-order valence-electron chi connectivity index (χ0n) is 7.95. The Morgan fingerprint density at radius 3 is 2.59 bits per heavy atom. The second kappa shape index (κ2) is 4.17. The maximum atomic E-state index is 12.0. The lowest BCUT2D eigenvalue weighted by molar-refractivity contribution is -0.274. The smallest absolute Gasteiger partial charge is 0.477 e. The second-order valence-corrected chi connectivity index (χ2v) is 2.73. The lowest BCUT2D eigenvalue weighted by atomic mass is 10.1. The van der Waals surface area contributed by atoms with Gasteiger partial charge in [0.25, 0.3) is 0 Å². The Hall–Kier alpha value is -2.50. The summed E-state index contributed by atoms with van der Waals surface area (Å²) in [6.07, 6.45) is -4.44. The van der Waals surface area contributed by atoms with E-state index in [0.717, 1.165) is 0 Å². The van der Waals surface area contributed by atoms with E-state index in [-0.39, 0.29) is 0 Å². The molecule has 1 aromatic rings. The van der Waals surface area contributed by atoms with Gasteiger partial charge in [0, 0.05) is 0 Å². The van der Waals surface area contributed by atoms with Gasteiger partial charge in [-0.15, -0.1) is 13.2 Å². The van der Waals surface area contributed by atoms with Gasteiger partial charge in [-0.3, -0.25) is 0 Å². The summed E-state index contributed by atoms with van der Waals surface area (Å²) >= 11 is 0. The van der Waals surface area contributed by atoms with Gasteiger partial charge >= 0.3 is 12.3 Å². The van der Waals surface area contributed by atoms with Gasteiger partial charge in [-0.2, -0.15) is 5.26 Å². The molecule has 0 saturated carbocycles. The van der Waals surface area contributed by atoms with Crippen molar-refractivity contribution in [3.8, 4) is 11.8 Å². The Morgan fingerprint density at radius 1 is 1.59 bits per heavy atom. The van der Waals surface area contributed by atoms with E-state index < -0.39 is 35.0 Å². The molecule has 0 amide bonds. The van der Waals surface area contributed by atoms with E-state index in [9.17, 15) is 18.0 Å². The molecule has 0 radical (unpaired) electrons. The van der Waals surface area contributed by atoms with Gasteiger partial charge in [0.15, 0.2) is 5.75 Å². The number of alkyl halides is 3. The van der Waals surface area contributed by atoms with Crippen molar-refractivity contribution in [1.29, 1.82) is 5.26 Å². The molecule has 0 atom stereocenters. The monoisotopic (exact) mass is 247 g/mol. The lowest BCUT2D eigenvalue weighted by Gasteiger charge is -2.13. The van der Waals surface area contributed by atoms with E-state index >= 15 is 0 Å². The zero-order chi connectivity index (χ0) is 13.2. The molecule has 0 aliphatic heterocycles. The van der Waals surface area contributed by atoms with E-state index in [1.807, 2.05) is 0 Å². The minimum Gasteiger partial charge on any atom is -0.477 e. The number of halogens is 3. The first-order valence-corrected chi connectivity index (χ1v) is 3.94. The maximum absolute atomic E-state index is 12.0. The van der Waals surface area contributed by atoms with E-state index in [1.165, 1.54) is 6.07 Å². The molecule has 3 N–H and O–H groups in total. The van der Waals surface area contributed by atoms with Crippen molar-refractivity contribution in [1.82, 2.24) is 4.98 Å². The molecule has 9 heteroatoms. The third-order valence-electron chi connectivity index (χ3n) is 1.61. The third-order valence-corrected chi connectivity index (χ3v) is 1.61. The van der Waals surface area contributed by atoms with Crippen LogP contribution in [0, 0.1) is 11.3 Å². The zero-order valence-corrected chi connectivity index (χ0v) is 7.95. The van der Waals surface area contributed by atoms with Crippen LogP contribution in [-0.2, 0) is 0 Å². The van der Waals surface area contributed by atoms with Crippen LogP contribution >= 0.6 is 0 Å². The molecule has 1 rings (SSSR count). The molecule has 0 fully saturated rings. The predicted molar refractivity (Wildman–Crippen MR) is 47.0 cm³/mol. The quantitative estimate of drug-likeness (QED) is 0.810. The summed E-state index contributed by atoms with van der Waals surface area (Å²) in [6.45, 7) is 0. The first-order chi connectivity index (χ1) is 7.76. The van der Waals surface area contributed by atoms with Crippen LogP contribution in [0.15, 0.2) is 6.20 Å². The average molecular weight is 247 g/mol. The van der Waals surface area contributed by atoms with Crippen LogP contribution in [0.2, 0.25) is 0 Å². The van der Waals surface area contributed by atoms with E-state index in [4.69, 9.17) is 16.1 Å².